The molecule has 3 aromatic carbocycles. The molecule has 0 bridgehead atoms. The first-order valence-electron chi connectivity index (χ1n) is 9.74. The van der Waals surface area contributed by atoms with Crippen LogP contribution in [0, 0.1) is 10.1 Å². The molecule has 0 saturated carbocycles. The molecule has 0 aromatic heterocycles. The summed E-state index contributed by atoms with van der Waals surface area (Å²) in [5.74, 6) is -1.64. The van der Waals surface area contributed by atoms with Gasteiger partial charge in [-0.05, 0) is 23.8 Å². The summed E-state index contributed by atoms with van der Waals surface area (Å²) in [6.07, 6.45) is 0. The second-order valence-corrected chi connectivity index (χ2v) is 7.17. The van der Waals surface area contributed by atoms with Crippen LogP contribution in [-0.2, 0) is 6.61 Å². The average molecular weight is 433 g/mol. The summed E-state index contributed by atoms with van der Waals surface area (Å²) >= 11 is 0. The smallest absolute Gasteiger partial charge is 0.274 e. The van der Waals surface area contributed by atoms with Gasteiger partial charge in [-0.1, -0.05) is 30.3 Å². The standard InChI is InChI=1S/C24H19NO7/c1-30-16-11-18-21(20(12-16)31-2)24(27)22(23(18)26)17-10-15(8-9-19(17)25(28)29)32-13-14-6-4-3-5-7-14/h3-12,22H,13H2,1-2H3. The van der Waals surface area contributed by atoms with Crippen LogP contribution in [0.2, 0.25) is 0 Å². The van der Waals surface area contributed by atoms with Crippen LogP contribution in [0.1, 0.15) is 37.8 Å². The Bertz CT molecular complexity index is 1220. The summed E-state index contributed by atoms with van der Waals surface area (Å²) in [6.45, 7) is 0.232. The van der Waals surface area contributed by atoms with E-state index in [2.05, 4.69) is 0 Å². The highest BCUT2D eigenvalue weighted by Crippen LogP contribution is 2.44. The number of ketones is 2. The lowest BCUT2D eigenvalue weighted by molar-refractivity contribution is -0.385. The lowest BCUT2D eigenvalue weighted by Crippen LogP contribution is -2.15. The number of nitro groups is 1. The van der Waals surface area contributed by atoms with Crippen LogP contribution in [-0.4, -0.2) is 30.7 Å². The molecule has 3 aromatic rings. The quantitative estimate of drug-likeness (QED) is 0.310. The average Bonchev–Trinajstić information content (AvgIpc) is 3.07. The van der Waals surface area contributed by atoms with E-state index in [-0.39, 0.29) is 34.7 Å². The van der Waals surface area contributed by atoms with Gasteiger partial charge < -0.3 is 14.2 Å². The highest BCUT2D eigenvalue weighted by Gasteiger charge is 2.45. The van der Waals surface area contributed by atoms with Crippen molar-refractivity contribution < 1.29 is 28.7 Å². The van der Waals surface area contributed by atoms with Crippen LogP contribution in [0.3, 0.4) is 0 Å². The number of rotatable bonds is 7. The maximum absolute atomic E-state index is 13.2. The first kappa shape index (κ1) is 21.0. The van der Waals surface area contributed by atoms with Gasteiger partial charge in [-0.3, -0.25) is 19.7 Å². The molecule has 0 fully saturated rings. The SMILES string of the molecule is COc1cc(OC)c2c(c1)C(=O)C(c1cc(OCc3ccccc3)ccc1[N+](=O)[O-])C2=O. The molecule has 162 valence electrons. The third-order valence-electron chi connectivity index (χ3n) is 5.32. The maximum atomic E-state index is 13.2. The fourth-order valence-electron chi connectivity index (χ4n) is 3.78. The van der Waals surface area contributed by atoms with Gasteiger partial charge in [0.2, 0.25) is 0 Å². The highest BCUT2D eigenvalue weighted by molar-refractivity contribution is 6.31. The van der Waals surface area contributed by atoms with Gasteiger partial charge in [0.15, 0.2) is 11.6 Å². The third kappa shape index (κ3) is 3.66. The van der Waals surface area contributed by atoms with Crippen molar-refractivity contribution in [3.63, 3.8) is 0 Å². The van der Waals surface area contributed by atoms with E-state index in [0.717, 1.165) is 5.56 Å². The van der Waals surface area contributed by atoms with Crippen LogP contribution in [0.15, 0.2) is 60.7 Å². The molecule has 1 atom stereocenters. The zero-order valence-corrected chi connectivity index (χ0v) is 17.4. The molecular weight excluding hydrogens is 414 g/mol. The summed E-state index contributed by atoms with van der Waals surface area (Å²) in [7, 11) is 2.80. The minimum absolute atomic E-state index is 0.0206. The van der Waals surface area contributed by atoms with Crippen molar-refractivity contribution in [2.75, 3.05) is 14.2 Å². The van der Waals surface area contributed by atoms with Gasteiger partial charge in [-0.25, -0.2) is 0 Å². The molecule has 0 spiro atoms. The Morgan fingerprint density at radius 1 is 0.906 bits per heavy atom. The Morgan fingerprint density at radius 2 is 1.66 bits per heavy atom. The number of nitrogens with zero attached hydrogens (tertiary/aromatic N) is 1. The first-order valence-corrected chi connectivity index (χ1v) is 9.74. The molecule has 0 N–H and O–H groups in total. The topological polar surface area (TPSA) is 105 Å². The van der Waals surface area contributed by atoms with Gasteiger partial charge in [-0.15, -0.1) is 0 Å². The van der Waals surface area contributed by atoms with Gasteiger partial charge in [-0.2, -0.15) is 0 Å². The Hall–Kier alpha value is -4.20. The number of benzene rings is 3. The molecule has 0 amide bonds. The largest absolute Gasteiger partial charge is 0.497 e. The molecular formula is C24H19NO7. The minimum Gasteiger partial charge on any atom is -0.497 e. The van der Waals surface area contributed by atoms with E-state index >= 15 is 0 Å². The van der Waals surface area contributed by atoms with Crippen LogP contribution >= 0.6 is 0 Å². The number of fused-ring (bicyclic) bond motifs is 1. The summed E-state index contributed by atoms with van der Waals surface area (Å²) < 4.78 is 16.2. The van der Waals surface area contributed by atoms with Crippen LogP contribution in [0.25, 0.3) is 0 Å². The maximum Gasteiger partial charge on any atom is 0.274 e. The summed E-state index contributed by atoms with van der Waals surface area (Å²) in [6, 6.07) is 16.4. The van der Waals surface area contributed by atoms with Gasteiger partial charge in [0.1, 0.15) is 29.8 Å². The molecule has 0 radical (unpaired) electrons. The van der Waals surface area contributed by atoms with E-state index < -0.39 is 22.4 Å². The number of ether oxygens (including phenoxy) is 3. The molecule has 0 heterocycles. The van der Waals surface area contributed by atoms with Crippen molar-refractivity contribution in [2.24, 2.45) is 0 Å². The van der Waals surface area contributed by atoms with Gasteiger partial charge >= 0.3 is 0 Å². The van der Waals surface area contributed by atoms with E-state index in [0.29, 0.717) is 11.5 Å². The predicted octanol–water partition coefficient (Wildman–Crippen LogP) is 4.35. The Balaban J connectivity index is 1.75. The minimum atomic E-state index is -1.37. The number of Topliss-reactive ketones (excluding diaryl/α,β-unsaturated/α-hetero) is 2. The monoisotopic (exact) mass is 433 g/mol. The fourth-order valence-corrected chi connectivity index (χ4v) is 3.78. The van der Waals surface area contributed by atoms with Crippen molar-refractivity contribution in [1.82, 2.24) is 0 Å². The molecule has 32 heavy (non-hydrogen) atoms. The van der Waals surface area contributed by atoms with Gasteiger partial charge in [0.05, 0.1) is 30.3 Å². The Kier molecular flexibility index (Phi) is 5.59. The predicted molar refractivity (Wildman–Crippen MR) is 115 cm³/mol. The lowest BCUT2D eigenvalue weighted by atomic mass is 9.92. The van der Waals surface area contributed by atoms with E-state index in [1.807, 2.05) is 30.3 Å². The first-order chi connectivity index (χ1) is 15.4. The van der Waals surface area contributed by atoms with Crippen molar-refractivity contribution >= 4 is 17.3 Å². The molecule has 0 aliphatic heterocycles. The fraction of sp³-hybridized carbons (Fsp3) is 0.167. The summed E-state index contributed by atoms with van der Waals surface area (Å²) in [5, 5.41) is 11.7. The molecule has 8 heteroatoms. The lowest BCUT2D eigenvalue weighted by Gasteiger charge is -2.12. The highest BCUT2D eigenvalue weighted by atomic mass is 16.6. The number of carbonyl (C=O) groups excluding carboxylic acids is 2. The van der Waals surface area contributed by atoms with Crippen molar-refractivity contribution in [3.8, 4) is 17.2 Å². The van der Waals surface area contributed by atoms with E-state index in [4.69, 9.17) is 14.2 Å². The van der Waals surface area contributed by atoms with Gasteiger partial charge in [0, 0.05) is 17.7 Å². The summed E-state index contributed by atoms with van der Waals surface area (Å²) in [4.78, 5) is 37.5. The molecule has 0 saturated heterocycles. The van der Waals surface area contributed by atoms with Crippen molar-refractivity contribution in [3.05, 3.63) is 93.0 Å². The van der Waals surface area contributed by atoms with E-state index in [9.17, 15) is 19.7 Å². The second kappa shape index (κ2) is 8.50. The Labute approximate surface area is 183 Å². The number of hydrogen-bond acceptors (Lipinski definition) is 7. The molecule has 4 rings (SSSR count). The van der Waals surface area contributed by atoms with E-state index in [1.165, 1.54) is 44.6 Å². The third-order valence-corrected chi connectivity index (χ3v) is 5.32. The van der Waals surface area contributed by atoms with E-state index in [1.54, 1.807) is 0 Å². The Morgan fingerprint density at radius 3 is 2.31 bits per heavy atom. The van der Waals surface area contributed by atoms with Gasteiger partial charge in [0.25, 0.3) is 5.69 Å². The molecule has 1 unspecified atom stereocenters. The zero-order chi connectivity index (χ0) is 22.8. The number of nitro benzene ring substituents is 1. The zero-order valence-electron chi connectivity index (χ0n) is 17.4. The number of carbonyl (C=O) groups is 2. The molecule has 1 aliphatic rings. The normalized spacial score (nSPS) is 14.8. The second-order valence-electron chi connectivity index (χ2n) is 7.17. The van der Waals surface area contributed by atoms with Crippen LogP contribution in [0.5, 0.6) is 17.2 Å². The van der Waals surface area contributed by atoms with Crippen LogP contribution in [0.4, 0.5) is 5.69 Å². The number of hydrogen-bond donors (Lipinski definition) is 0. The van der Waals surface area contributed by atoms with Crippen LogP contribution < -0.4 is 14.2 Å². The number of methoxy groups -OCH3 is 2. The summed E-state index contributed by atoms with van der Waals surface area (Å²) in [5.41, 5.74) is 0.759. The van der Waals surface area contributed by atoms with Crippen molar-refractivity contribution in [2.45, 2.75) is 12.5 Å². The molecule has 1 aliphatic carbocycles. The molecule has 8 nitrogen and oxygen atoms in total. The van der Waals surface area contributed by atoms with Crippen molar-refractivity contribution in [1.29, 1.82) is 0 Å².